The highest BCUT2D eigenvalue weighted by molar-refractivity contribution is 5.83. The van der Waals surface area contributed by atoms with Gasteiger partial charge in [-0.3, -0.25) is 4.79 Å². The van der Waals surface area contributed by atoms with E-state index in [4.69, 9.17) is 0 Å². The van der Waals surface area contributed by atoms with Crippen molar-refractivity contribution >= 4 is 11.7 Å². The summed E-state index contributed by atoms with van der Waals surface area (Å²) in [6.45, 7) is 5.76. The molecular weight excluding hydrogens is 252 g/mol. The average Bonchev–Trinajstić information content (AvgIpc) is 3.25. The zero-order chi connectivity index (χ0) is 14.2. The van der Waals surface area contributed by atoms with Gasteiger partial charge in [-0.2, -0.15) is 5.10 Å². The van der Waals surface area contributed by atoms with Crippen molar-refractivity contribution in [2.75, 3.05) is 18.0 Å². The Balaban J connectivity index is 1.60. The minimum Gasteiger partial charge on any atom is -0.355 e. The number of carbonyl (C=O) groups excluding carboxylic acids is 1. The van der Waals surface area contributed by atoms with Crippen molar-refractivity contribution in [3.05, 3.63) is 17.8 Å². The number of aromatic nitrogens is 2. The fourth-order valence-electron chi connectivity index (χ4n) is 2.60. The molecule has 0 radical (unpaired) electrons. The number of hydrogen-bond donors (Lipinski definition) is 1. The van der Waals surface area contributed by atoms with Crippen molar-refractivity contribution in [1.82, 2.24) is 15.5 Å². The fourth-order valence-corrected chi connectivity index (χ4v) is 2.60. The maximum Gasteiger partial charge on any atom is 0.226 e. The summed E-state index contributed by atoms with van der Waals surface area (Å²) in [5.41, 5.74) is 0.705. The minimum absolute atomic E-state index is 0.225. The third kappa shape index (κ3) is 2.76. The molecule has 1 aliphatic carbocycles. The molecule has 1 amide bonds. The van der Waals surface area contributed by atoms with E-state index in [-0.39, 0.29) is 11.3 Å². The van der Waals surface area contributed by atoms with Crippen LogP contribution in [0, 0.1) is 12.3 Å². The minimum atomic E-state index is -0.225. The van der Waals surface area contributed by atoms with Crippen LogP contribution in [-0.2, 0) is 4.79 Å². The van der Waals surface area contributed by atoms with Crippen LogP contribution >= 0.6 is 0 Å². The molecule has 0 unspecified atom stereocenters. The molecule has 1 aromatic heterocycles. The first-order chi connectivity index (χ1) is 9.57. The Kier molecular flexibility index (Phi) is 3.36. The Morgan fingerprint density at radius 2 is 2.00 bits per heavy atom. The van der Waals surface area contributed by atoms with Crippen molar-refractivity contribution in [2.45, 2.75) is 45.6 Å². The van der Waals surface area contributed by atoms with Crippen molar-refractivity contribution in [3.63, 3.8) is 0 Å². The maximum atomic E-state index is 12.3. The predicted molar refractivity (Wildman–Crippen MR) is 77.5 cm³/mol. The molecule has 2 fully saturated rings. The molecule has 1 aliphatic heterocycles. The summed E-state index contributed by atoms with van der Waals surface area (Å²) < 4.78 is 0. The van der Waals surface area contributed by atoms with E-state index in [0.29, 0.717) is 6.04 Å². The van der Waals surface area contributed by atoms with E-state index in [1.165, 1.54) is 0 Å². The number of rotatable bonds is 3. The van der Waals surface area contributed by atoms with Crippen LogP contribution in [0.3, 0.4) is 0 Å². The summed E-state index contributed by atoms with van der Waals surface area (Å²) in [4.78, 5) is 14.5. The van der Waals surface area contributed by atoms with Gasteiger partial charge in [-0.15, -0.1) is 5.10 Å². The molecule has 0 bridgehead atoms. The fraction of sp³-hybridized carbons (Fsp3) is 0.667. The van der Waals surface area contributed by atoms with Crippen LogP contribution in [0.1, 0.15) is 38.3 Å². The first-order valence-corrected chi connectivity index (χ1v) is 7.43. The molecule has 108 valence electrons. The quantitative estimate of drug-likeness (QED) is 0.911. The molecule has 0 spiro atoms. The molecule has 3 rings (SSSR count). The van der Waals surface area contributed by atoms with Gasteiger partial charge in [-0.1, -0.05) is 6.92 Å². The first kappa shape index (κ1) is 13.3. The third-order valence-electron chi connectivity index (χ3n) is 4.44. The topological polar surface area (TPSA) is 58.1 Å². The molecule has 0 atom stereocenters. The number of amides is 1. The van der Waals surface area contributed by atoms with Gasteiger partial charge in [0.05, 0.1) is 5.69 Å². The molecule has 1 saturated carbocycles. The number of aryl methyl sites for hydroxylation is 1. The highest BCUT2D eigenvalue weighted by Crippen LogP contribution is 2.33. The maximum absolute atomic E-state index is 12.3. The van der Waals surface area contributed by atoms with Crippen molar-refractivity contribution in [2.24, 2.45) is 5.41 Å². The summed E-state index contributed by atoms with van der Waals surface area (Å²) >= 11 is 0. The van der Waals surface area contributed by atoms with Crippen LogP contribution in [0.5, 0.6) is 0 Å². The number of hydrogen-bond acceptors (Lipinski definition) is 4. The average molecular weight is 274 g/mol. The van der Waals surface area contributed by atoms with Crippen molar-refractivity contribution < 1.29 is 4.79 Å². The van der Waals surface area contributed by atoms with Crippen molar-refractivity contribution in [3.8, 4) is 0 Å². The zero-order valence-corrected chi connectivity index (χ0v) is 12.2. The first-order valence-electron chi connectivity index (χ1n) is 7.43. The number of piperidine rings is 1. The van der Waals surface area contributed by atoms with Gasteiger partial charge in [0.15, 0.2) is 5.82 Å². The SMILES string of the molecule is Cc1ccc(N2CCC(C)(C(=O)NC3CC3)CC2)nn1. The Morgan fingerprint density at radius 3 is 2.55 bits per heavy atom. The Hall–Kier alpha value is -1.65. The monoisotopic (exact) mass is 274 g/mol. The second-order valence-corrected chi connectivity index (χ2v) is 6.33. The predicted octanol–water partition coefficient (Wildman–Crippen LogP) is 1.67. The molecule has 1 N–H and O–H groups in total. The molecule has 2 heterocycles. The van der Waals surface area contributed by atoms with E-state index in [2.05, 4.69) is 27.3 Å². The van der Waals surface area contributed by atoms with Gasteiger partial charge in [-0.25, -0.2) is 0 Å². The molecule has 1 aromatic rings. The van der Waals surface area contributed by atoms with Gasteiger partial charge in [0.2, 0.25) is 5.91 Å². The Labute approximate surface area is 119 Å². The standard InChI is InChI=1S/C15H22N4O/c1-11-3-6-13(18-17-11)19-9-7-15(2,8-10-19)14(20)16-12-4-5-12/h3,6,12H,4-5,7-10H2,1-2H3,(H,16,20). The lowest BCUT2D eigenvalue weighted by atomic mass is 9.79. The van der Waals surface area contributed by atoms with Gasteiger partial charge in [0, 0.05) is 24.5 Å². The van der Waals surface area contributed by atoms with Crippen LogP contribution in [0.25, 0.3) is 0 Å². The third-order valence-corrected chi connectivity index (χ3v) is 4.44. The molecule has 5 heteroatoms. The smallest absolute Gasteiger partial charge is 0.226 e. The Morgan fingerprint density at radius 1 is 1.30 bits per heavy atom. The number of nitrogens with zero attached hydrogens (tertiary/aromatic N) is 3. The van der Waals surface area contributed by atoms with E-state index in [9.17, 15) is 4.79 Å². The highest BCUT2D eigenvalue weighted by atomic mass is 16.2. The van der Waals surface area contributed by atoms with Crippen LogP contribution < -0.4 is 10.2 Å². The van der Waals surface area contributed by atoms with E-state index in [1.807, 2.05) is 19.1 Å². The normalized spacial score (nSPS) is 21.6. The molecule has 20 heavy (non-hydrogen) atoms. The van der Waals surface area contributed by atoms with Gasteiger partial charge >= 0.3 is 0 Å². The summed E-state index contributed by atoms with van der Waals surface area (Å²) in [7, 11) is 0. The van der Waals surface area contributed by atoms with E-state index < -0.39 is 0 Å². The van der Waals surface area contributed by atoms with Gasteiger partial charge in [-0.05, 0) is 44.7 Å². The number of anilines is 1. The van der Waals surface area contributed by atoms with Crippen LogP contribution in [0.4, 0.5) is 5.82 Å². The number of nitrogens with one attached hydrogen (secondary N) is 1. The molecule has 5 nitrogen and oxygen atoms in total. The van der Waals surface area contributed by atoms with E-state index >= 15 is 0 Å². The summed E-state index contributed by atoms with van der Waals surface area (Å²) in [6, 6.07) is 4.44. The van der Waals surface area contributed by atoms with Crippen molar-refractivity contribution in [1.29, 1.82) is 0 Å². The molecule has 1 saturated heterocycles. The number of carbonyl (C=O) groups is 1. The van der Waals surface area contributed by atoms with Crippen LogP contribution in [-0.4, -0.2) is 35.2 Å². The molecule has 0 aromatic carbocycles. The highest BCUT2D eigenvalue weighted by Gasteiger charge is 2.39. The zero-order valence-electron chi connectivity index (χ0n) is 12.2. The summed E-state index contributed by atoms with van der Waals surface area (Å²) in [5.74, 6) is 1.15. The summed E-state index contributed by atoms with van der Waals surface area (Å²) in [5, 5.41) is 11.5. The Bertz CT molecular complexity index is 487. The second kappa shape index (κ2) is 5.04. The van der Waals surface area contributed by atoms with Gasteiger partial charge < -0.3 is 10.2 Å². The lowest BCUT2D eigenvalue weighted by Crippen LogP contribution is -2.48. The lowest BCUT2D eigenvalue weighted by Gasteiger charge is -2.38. The molecular formula is C15H22N4O. The van der Waals surface area contributed by atoms with Crippen LogP contribution in [0.15, 0.2) is 12.1 Å². The lowest BCUT2D eigenvalue weighted by molar-refractivity contribution is -0.131. The van der Waals surface area contributed by atoms with Gasteiger partial charge in [0.25, 0.3) is 0 Å². The molecule has 2 aliphatic rings. The van der Waals surface area contributed by atoms with E-state index in [0.717, 1.165) is 50.3 Å². The largest absolute Gasteiger partial charge is 0.355 e. The second-order valence-electron chi connectivity index (χ2n) is 6.33. The summed E-state index contributed by atoms with van der Waals surface area (Å²) in [6.07, 6.45) is 4.04. The van der Waals surface area contributed by atoms with E-state index in [1.54, 1.807) is 0 Å². The van der Waals surface area contributed by atoms with Crippen LogP contribution in [0.2, 0.25) is 0 Å². The van der Waals surface area contributed by atoms with Gasteiger partial charge in [0.1, 0.15) is 0 Å².